The zero-order valence-electron chi connectivity index (χ0n) is 16.2. The molecule has 3 N–H and O–H groups in total. The van der Waals surface area contributed by atoms with Crippen molar-refractivity contribution in [1.82, 2.24) is 9.97 Å². The number of rotatable bonds is 5. The number of thiazole rings is 1. The SMILES string of the molecule is O=C(Nc1ccc(C(=O)Nc2nc(-c3cccnc3)cs2)c(O)c1)c1cc(F)cc(F)c1. The number of nitrogens with one attached hydrogen (secondary N) is 2. The third-order valence-electron chi connectivity index (χ3n) is 4.31. The van der Waals surface area contributed by atoms with Gasteiger partial charge in [-0.3, -0.25) is 19.9 Å². The number of aromatic nitrogens is 2. The molecule has 10 heteroatoms. The van der Waals surface area contributed by atoms with Crippen molar-refractivity contribution in [2.75, 3.05) is 10.6 Å². The third kappa shape index (κ3) is 4.76. The lowest BCUT2D eigenvalue weighted by molar-refractivity contribution is 0.101. The van der Waals surface area contributed by atoms with E-state index >= 15 is 0 Å². The topological polar surface area (TPSA) is 104 Å². The van der Waals surface area contributed by atoms with Crippen LogP contribution in [0.5, 0.6) is 5.75 Å². The maximum atomic E-state index is 13.3. The largest absolute Gasteiger partial charge is 0.507 e. The minimum atomic E-state index is -0.890. The van der Waals surface area contributed by atoms with Gasteiger partial charge in [0.2, 0.25) is 0 Å². The summed E-state index contributed by atoms with van der Waals surface area (Å²) in [6.45, 7) is 0. The number of pyridine rings is 1. The Morgan fingerprint density at radius 2 is 1.75 bits per heavy atom. The molecule has 2 amide bonds. The molecule has 0 spiro atoms. The van der Waals surface area contributed by atoms with Crippen LogP contribution < -0.4 is 10.6 Å². The Bertz CT molecular complexity index is 1290. The van der Waals surface area contributed by atoms with E-state index in [2.05, 4.69) is 20.6 Å². The van der Waals surface area contributed by atoms with Gasteiger partial charge in [-0.1, -0.05) is 0 Å². The molecule has 2 aromatic heterocycles. The molecule has 0 saturated carbocycles. The number of nitrogens with zero attached hydrogens (tertiary/aromatic N) is 2. The summed E-state index contributed by atoms with van der Waals surface area (Å²) >= 11 is 1.21. The van der Waals surface area contributed by atoms with E-state index in [-0.39, 0.29) is 16.8 Å². The van der Waals surface area contributed by atoms with E-state index in [0.717, 1.165) is 23.8 Å². The number of phenolic OH excluding ortho intramolecular Hbond substituents is 1. The first-order valence-electron chi connectivity index (χ1n) is 9.17. The highest BCUT2D eigenvalue weighted by molar-refractivity contribution is 7.14. The molecule has 2 aromatic carbocycles. The average Bonchev–Trinajstić information content (AvgIpc) is 3.22. The van der Waals surface area contributed by atoms with Gasteiger partial charge in [-0.2, -0.15) is 0 Å². The van der Waals surface area contributed by atoms with Crippen molar-refractivity contribution < 1.29 is 23.5 Å². The Morgan fingerprint density at radius 1 is 0.969 bits per heavy atom. The monoisotopic (exact) mass is 452 g/mol. The quantitative estimate of drug-likeness (QED) is 0.407. The van der Waals surface area contributed by atoms with Crippen LogP contribution in [0.3, 0.4) is 0 Å². The number of phenols is 1. The summed E-state index contributed by atoms with van der Waals surface area (Å²) in [5, 5.41) is 17.3. The third-order valence-corrected chi connectivity index (χ3v) is 5.06. The fourth-order valence-corrected chi connectivity index (χ4v) is 3.55. The number of anilines is 2. The molecule has 0 radical (unpaired) electrons. The van der Waals surface area contributed by atoms with Gasteiger partial charge in [0.15, 0.2) is 5.13 Å². The van der Waals surface area contributed by atoms with Gasteiger partial charge in [0.1, 0.15) is 17.4 Å². The van der Waals surface area contributed by atoms with E-state index in [1.807, 2.05) is 6.07 Å². The van der Waals surface area contributed by atoms with Crippen LogP contribution in [0.25, 0.3) is 11.3 Å². The van der Waals surface area contributed by atoms with Crippen LogP contribution in [0.1, 0.15) is 20.7 Å². The lowest BCUT2D eigenvalue weighted by Crippen LogP contribution is -2.14. The van der Waals surface area contributed by atoms with Gasteiger partial charge < -0.3 is 10.4 Å². The Labute approximate surface area is 184 Å². The van der Waals surface area contributed by atoms with Gasteiger partial charge in [-0.05, 0) is 36.4 Å². The summed E-state index contributed by atoms with van der Waals surface area (Å²) in [6.07, 6.45) is 3.29. The fourth-order valence-electron chi connectivity index (χ4n) is 2.83. The lowest BCUT2D eigenvalue weighted by atomic mass is 10.1. The molecular formula is C22H14F2N4O3S. The van der Waals surface area contributed by atoms with Crippen LogP contribution in [-0.2, 0) is 0 Å². The van der Waals surface area contributed by atoms with E-state index in [4.69, 9.17) is 0 Å². The van der Waals surface area contributed by atoms with E-state index in [9.17, 15) is 23.5 Å². The molecule has 0 aliphatic heterocycles. The molecule has 4 rings (SSSR count). The molecule has 0 atom stereocenters. The van der Waals surface area contributed by atoms with Crippen LogP contribution in [-0.4, -0.2) is 26.9 Å². The first-order valence-corrected chi connectivity index (χ1v) is 10.0. The average molecular weight is 452 g/mol. The molecule has 0 bridgehead atoms. The number of hydrogen-bond donors (Lipinski definition) is 3. The zero-order valence-corrected chi connectivity index (χ0v) is 17.0. The van der Waals surface area contributed by atoms with Crippen LogP contribution in [0.15, 0.2) is 66.3 Å². The highest BCUT2D eigenvalue weighted by Crippen LogP contribution is 2.27. The highest BCUT2D eigenvalue weighted by Gasteiger charge is 2.16. The normalized spacial score (nSPS) is 10.6. The number of halogens is 2. The molecule has 0 aliphatic rings. The maximum absolute atomic E-state index is 13.3. The molecule has 0 unspecified atom stereocenters. The van der Waals surface area contributed by atoms with Crippen molar-refractivity contribution in [3.8, 4) is 17.0 Å². The van der Waals surface area contributed by atoms with E-state index in [0.29, 0.717) is 16.9 Å². The minimum absolute atomic E-state index is 0.0436. The molecule has 0 fully saturated rings. The number of benzene rings is 2. The zero-order chi connectivity index (χ0) is 22.7. The summed E-state index contributed by atoms with van der Waals surface area (Å²) in [6, 6.07) is 9.87. The second-order valence-corrected chi connectivity index (χ2v) is 7.44. The van der Waals surface area contributed by atoms with Crippen LogP contribution >= 0.6 is 11.3 Å². The molecule has 4 aromatic rings. The molecule has 160 valence electrons. The van der Waals surface area contributed by atoms with Gasteiger partial charge >= 0.3 is 0 Å². The van der Waals surface area contributed by atoms with Crippen molar-refractivity contribution in [2.24, 2.45) is 0 Å². The second-order valence-electron chi connectivity index (χ2n) is 6.58. The van der Waals surface area contributed by atoms with E-state index in [1.165, 1.54) is 23.5 Å². The summed E-state index contributed by atoms with van der Waals surface area (Å²) in [7, 11) is 0. The Hall–Kier alpha value is -4.18. The van der Waals surface area contributed by atoms with Gasteiger partial charge in [-0.15, -0.1) is 11.3 Å². The fraction of sp³-hybridized carbons (Fsp3) is 0. The van der Waals surface area contributed by atoms with Gasteiger partial charge in [0.25, 0.3) is 11.8 Å². The summed E-state index contributed by atoms with van der Waals surface area (Å²) < 4.78 is 26.6. The summed E-state index contributed by atoms with van der Waals surface area (Å²) in [5.74, 6) is -3.54. The van der Waals surface area contributed by atoms with Gasteiger partial charge in [-0.25, -0.2) is 13.8 Å². The highest BCUT2D eigenvalue weighted by atomic mass is 32.1. The minimum Gasteiger partial charge on any atom is -0.507 e. The van der Waals surface area contributed by atoms with E-state index < -0.39 is 29.2 Å². The maximum Gasteiger partial charge on any atom is 0.261 e. The van der Waals surface area contributed by atoms with Crippen molar-refractivity contribution in [3.05, 3.63) is 89.1 Å². The first kappa shape index (κ1) is 21.1. The first-order chi connectivity index (χ1) is 15.4. The van der Waals surface area contributed by atoms with Crippen LogP contribution in [0, 0.1) is 11.6 Å². The Balaban J connectivity index is 1.45. The number of aromatic hydroxyl groups is 1. The van der Waals surface area contributed by atoms with Crippen LogP contribution in [0.4, 0.5) is 19.6 Å². The number of carbonyl (C=O) groups excluding carboxylic acids is 2. The predicted molar refractivity (Wildman–Crippen MR) is 116 cm³/mol. The molecular weight excluding hydrogens is 438 g/mol. The summed E-state index contributed by atoms with van der Waals surface area (Å²) in [4.78, 5) is 33.1. The number of amides is 2. The number of hydrogen-bond acceptors (Lipinski definition) is 6. The van der Waals surface area contributed by atoms with Gasteiger partial charge in [0, 0.05) is 46.7 Å². The molecule has 32 heavy (non-hydrogen) atoms. The smallest absolute Gasteiger partial charge is 0.261 e. The van der Waals surface area contributed by atoms with Crippen molar-refractivity contribution in [2.45, 2.75) is 0 Å². The van der Waals surface area contributed by atoms with Crippen LogP contribution in [0.2, 0.25) is 0 Å². The standard InChI is InChI=1S/C22H14F2N4O3S/c23-14-6-13(7-15(24)8-14)20(30)26-16-3-4-17(19(29)9-16)21(31)28-22-27-18(11-32-22)12-2-1-5-25-10-12/h1-11,29H,(H,26,30)(H,27,28,31). The molecule has 7 nitrogen and oxygen atoms in total. The Kier molecular flexibility index (Phi) is 5.86. The second kappa shape index (κ2) is 8.90. The molecule has 2 heterocycles. The lowest BCUT2D eigenvalue weighted by Gasteiger charge is -2.09. The van der Waals surface area contributed by atoms with Gasteiger partial charge in [0.05, 0.1) is 11.3 Å². The van der Waals surface area contributed by atoms with Crippen molar-refractivity contribution >= 4 is 34.0 Å². The Morgan fingerprint density at radius 3 is 2.44 bits per heavy atom. The molecule has 0 saturated heterocycles. The predicted octanol–water partition coefficient (Wildman–Crippen LogP) is 4.69. The molecule has 0 aliphatic carbocycles. The van der Waals surface area contributed by atoms with Crippen molar-refractivity contribution in [3.63, 3.8) is 0 Å². The van der Waals surface area contributed by atoms with E-state index in [1.54, 1.807) is 23.8 Å². The number of carbonyl (C=O) groups is 2. The van der Waals surface area contributed by atoms with Crippen molar-refractivity contribution in [1.29, 1.82) is 0 Å². The summed E-state index contributed by atoms with van der Waals surface area (Å²) in [5.41, 5.74) is 1.32.